The standard InChI is InChI=1S/C29H30N2/c1-18(2)11-24-13-21-9-10-22-16-31-29(15-27(22)28(21)17-30-24)23-12-20-7-5-6-8-25(20)26(14-23)19(3)4/h5-8,12-19H,9-11H2,1-4H3. The predicted octanol–water partition coefficient (Wildman–Crippen LogP) is 7.38. The Hall–Kier alpha value is -3.00. The number of aromatic nitrogens is 2. The smallest absolute Gasteiger partial charge is 0.0708 e. The zero-order valence-electron chi connectivity index (χ0n) is 18.9. The summed E-state index contributed by atoms with van der Waals surface area (Å²) in [5, 5.41) is 2.62. The molecule has 2 aromatic heterocycles. The summed E-state index contributed by atoms with van der Waals surface area (Å²) in [5.41, 5.74) is 10.2. The van der Waals surface area contributed by atoms with E-state index in [1.165, 1.54) is 49.8 Å². The van der Waals surface area contributed by atoms with Gasteiger partial charge in [-0.1, -0.05) is 52.0 Å². The minimum atomic E-state index is 0.465. The molecule has 1 aliphatic rings. The van der Waals surface area contributed by atoms with E-state index < -0.39 is 0 Å². The van der Waals surface area contributed by atoms with E-state index in [0.29, 0.717) is 11.8 Å². The van der Waals surface area contributed by atoms with Crippen LogP contribution in [0.1, 0.15) is 56.0 Å². The van der Waals surface area contributed by atoms with E-state index in [0.717, 1.165) is 25.0 Å². The van der Waals surface area contributed by atoms with Gasteiger partial charge in [0.05, 0.1) is 5.69 Å². The topological polar surface area (TPSA) is 25.8 Å². The minimum absolute atomic E-state index is 0.465. The first-order valence-corrected chi connectivity index (χ1v) is 11.5. The van der Waals surface area contributed by atoms with Crippen LogP contribution in [-0.2, 0) is 19.3 Å². The number of aryl methyl sites for hydroxylation is 2. The van der Waals surface area contributed by atoms with Crippen molar-refractivity contribution >= 4 is 10.8 Å². The van der Waals surface area contributed by atoms with E-state index in [-0.39, 0.29) is 0 Å². The van der Waals surface area contributed by atoms with E-state index in [4.69, 9.17) is 9.97 Å². The Bertz CT molecular complexity index is 1270. The van der Waals surface area contributed by atoms with Gasteiger partial charge in [-0.05, 0) is 88.4 Å². The van der Waals surface area contributed by atoms with Crippen molar-refractivity contribution in [2.45, 2.75) is 52.9 Å². The van der Waals surface area contributed by atoms with E-state index in [2.05, 4.69) is 88.6 Å². The van der Waals surface area contributed by atoms with Crippen LogP contribution in [0.15, 0.2) is 60.9 Å². The van der Waals surface area contributed by atoms with Crippen molar-refractivity contribution in [2.75, 3.05) is 0 Å². The lowest BCUT2D eigenvalue weighted by molar-refractivity contribution is 0.634. The molecule has 0 unspecified atom stereocenters. The van der Waals surface area contributed by atoms with Gasteiger partial charge >= 0.3 is 0 Å². The van der Waals surface area contributed by atoms with Gasteiger partial charge in [-0.2, -0.15) is 0 Å². The van der Waals surface area contributed by atoms with Crippen LogP contribution in [0, 0.1) is 5.92 Å². The molecule has 2 heteroatoms. The molecule has 0 N–H and O–H groups in total. The summed E-state index contributed by atoms with van der Waals surface area (Å²) in [5.74, 6) is 1.09. The Balaban J connectivity index is 1.61. The van der Waals surface area contributed by atoms with Gasteiger partial charge in [0.2, 0.25) is 0 Å². The van der Waals surface area contributed by atoms with Crippen LogP contribution in [0.3, 0.4) is 0 Å². The highest BCUT2D eigenvalue weighted by atomic mass is 14.7. The summed E-state index contributed by atoms with van der Waals surface area (Å²) in [4.78, 5) is 9.67. The lowest BCUT2D eigenvalue weighted by Gasteiger charge is -2.21. The maximum atomic E-state index is 4.88. The summed E-state index contributed by atoms with van der Waals surface area (Å²) in [6, 6.07) is 17.9. The first-order valence-electron chi connectivity index (χ1n) is 11.5. The molecule has 31 heavy (non-hydrogen) atoms. The van der Waals surface area contributed by atoms with Crippen LogP contribution < -0.4 is 0 Å². The number of nitrogens with zero attached hydrogens (tertiary/aromatic N) is 2. The average Bonchev–Trinajstić information content (AvgIpc) is 2.77. The zero-order chi connectivity index (χ0) is 21.5. The Morgan fingerprint density at radius 3 is 2.42 bits per heavy atom. The molecule has 2 nitrogen and oxygen atoms in total. The van der Waals surface area contributed by atoms with Gasteiger partial charge in [-0.3, -0.25) is 9.97 Å². The molecule has 0 saturated carbocycles. The monoisotopic (exact) mass is 406 g/mol. The second kappa shape index (κ2) is 7.92. The normalized spacial score (nSPS) is 13.0. The van der Waals surface area contributed by atoms with Crippen LogP contribution in [0.5, 0.6) is 0 Å². The molecule has 0 aliphatic heterocycles. The molecule has 1 aliphatic carbocycles. The number of fused-ring (bicyclic) bond motifs is 4. The van der Waals surface area contributed by atoms with Gasteiger partial charge in [0.25, 0.3) is 0 Å². The second-order valence-electron chi connectivity index (χ2n) is 9.60. The molecule has 0 fully saturated rings. The minimum Gasteiger partial charge on any atom is -0.261 e. The molecule has 0 atom stereocenters. The quantitative estimate of drug-likeness (QED) is 0.353. The molecule has 2 heterocycles. The van der Waals surface area contributed by atoms with Gasteiger partial charge in [0.1, 0.15) is 0 Å². The van der Waals surface area contributed by atoms with Crippen molar-refractivity contribution in [3.63, 3.8) is 0 Å². The van der Waals surface area contributed by atoms with Crippen LogP contribution in [-0.4, -0.2) is 9.97 Å². The summed E-state index contributed by atoms with van der Waals surface area (Å²) in [6.45, 7) is 9.04. The molecule has 0 amide bonds. The maximum absolute atomic E-state index is 4.88. The Labute approximate surface area is 185 Å². The van der Waals surface area contributed by atoms with E-state index in [1.54, 1.807) is 0 Å². The summed E-state index contributed by atoms with van der Waals surface area (Å²) in [7, 11) is 0. The highest BCUT2D eigenvalue weighted by Crippen LogP contribution is 2.37. The fourth-order valence-electron chi connectivity index (χ4n) is 4.85. The van der Waals surface area contributed by atoms with Gasteiger partial charge in [-0.15, -0.1) is 0 Å². The first kappa shape index (κ1) is 19.9. The van der Waals surface area contributed by atoms with Crippen molar-refractivity contribution in [1.29, 1.82) is 0 Å². The number of pyridine rings is 2. The molecule has 4 aromatic rings. The molecule has 0 saturated heterocycles. The zero-order valence-corrected chi connectivity index (χ0v) is 18.9. The molecular formula is C29H30N2. The lowest BCUT2D eigenvalue weighted by Crippen LogP contribution is -2.08. The summed E-state index contributed by atoms with van der Waals surface area (Å²) < 4.78 is 0. The van der Waals surface area contributed by atoms with Crippen molar-refractivity contribution in [2.24, 2.45) is 5.92 Å². The Morgan fingerprint density at radius 1 is 0.806 bits per heavy atom. The highest BCUT2D eigenvalue weighted by Gasteiger charge is 2.19. The van der Waals surface area contributed by atoms with Crippen molar-refractivity contribution in [1.82, 2.24) is 9.97 Å². The summed E-state index contributed by atoms with van der Waals surface area (Å²) >= 11 is 0. The van der Waals surface area contributed by atoms with E-state index in [9.17, 15) is 0 Å². The van der Waals surface area contributed by atoms with Crippen LogP contribution in [0.2, 0.25) is 0 Å². The second-order valence-corrected chi connectivity index (χ2v) is 9.60. The number of hydrogen-bond acceptors (Lipinski definition) is 2. The third-order valence-electron chi connectivity index (χ3n) is 6.42. The maximum Gasteiger partial charge on any atom is 0.0708 e. The van der Waals surface area contributed by atoms with Gasteiger partial charge in [-0.25, -0.2) is 0 Å². The molecular weight excluding hydrogens is 376 g/mol. The molecule has 0 spiro atoms. The third kappa shape index (κ3) is 3.76. The number of benzene rings is 2. The van der Waals surface area contributed by atoms with E-state index in [1.807, 2.05) is 0 Å². The molecule has 156 valence electrons. The summed E-state index contributed by atoms with van der Waals surface area (Å²) in [6.07, 6.45) is 7.34. The SMILES string of the molecule is CC(C)Cc1cc2c(cn1)-c1cc(-c3cc(C(C)C)c4ccccc4c3)ncc1CC2. The first-order chi connectivity index (χ1) is 15.0. The Morgan fingerprint density at radius 2 is 1.61 bits per heavy atom. The van der Waals surface area contributed by atoms with Crippen molar-refractivity contribution in [3.8, 4) is 22.4 Å². The molecule has 2 aromatic carbocycles. The van der Waals surface area contributed by atoms with Crippen LogP contribution in [0.4, 0.5) is 0 Å². The molecule has 0 radical (unpaired) electrons. The van der Waals surface area contributed by atoms with Crippen LogP contribution in [0.25, 0.3) is 33.2 Å². The van der Waals surface area contributed by atoms with Crippen molar-refractivity contribution in [3.05, 3.63) is 83.3 Å². The fraction of sp³-hybridized carbons (Fsp3) is 0.310. The molecule has 5 rings (SSSR count). The third-order valence-corrected chi connectivity index (χ3v) is 6.42. The number of rotatable bonds is 4. The largest absolute Gasteiger partial charge is 0.261 e. The van der Waals surface area contributed by atoms with E-state index >= 15 is 0 Å². The Kier molecular flexibility index (Phi) is 5.09. The highest BCUT2D eigenvalue weighted by molar-refractivity contribution is 5.91. The van der Waals surface area contributed by atoms with Gasteiger partial charge in [0, 0.05) is 29.2 Å². The average molecular weight is 407 g/mol. The predicted molar refractivity (Wildman–Crippen MR) is 130 cm³/mol. The van der Waals surface area contributed by atoms with Crippen LogP contribution >= 0.6 is 0 Å². The van der Waals surface area contributed by atoms with Gasteiger partial charge in [0.15, 0.2) is 0 Å². The fourth-order valence-corrected chi connectivity index (χ4v) is 4.85. The van der Waals surface area contributed by atoms with Gasteiger partial charge < -0.3 is 0 Å². The van der Waals surface area contributed by atoms with Crippen molar-refractivity contribution < 1.29 is 0 Å². The molecule has 0 bridgehead atoms. The number of hydrogen-bond donors (Lipinski definition) is 0. The lowest BCUT2D eigenvalue weighted by atomic mass is 9.86.